The Morgan fingerprint density at radius 2 is 1.79 bits per heavy atom. The Balaban J connectivity index is 1.70. The molecule has 4 nitrogen and oxygen atoms in total. The molecule has 1 heterocycles. The number of carbonyl (C=O) groups is 1. The number of amides is 1. The van der Waals surface area contributed by atoms with Crippen molar-refractivity contribution in [1.82, 2.24) is 9.78 Å². The first kappa shape index (κ1) is 16.0. The summed E-state index contributed by atoms with van der Waals surface area (Å²) in [5, 5.41) is 7.29. The number of hydrogen-bond acceptors (Lipinski definition) is 2. The van der Waals surface area contributed by atoms with Crippen LogP contribution in [0.1, 0.15) is 32.6 Å². The zero-order valence-electron chi connectivity index (χ0n) is 14.2. The molecule has 0 radical (unpaired) electrons. The molecule has 0 saturated heterocycles. The zero-order valence-corrected chi connectivity index (χ0v) is 14.2. The molecule has 122 valence electrons. The van der Waals surface area contributed by atoms with Crippen molar-refractivity contribution in [2.75, 3.05) is 5.32 Å². The first-order valence-electron chi connectivity index (χ1n) is 7.99. The maximum atomic E-state index is 12.3. The number of benzene rings is 2. The van der Waals surface area contributed by atoms with Crippen LogP contribution in [0.25, 0.3) is 0 Å². The van der Waals surface area contributed by atoms with E-state index in [4.69, 9.17) is 0 Å². The number of carbonyl (C=O) groups excluding carboxylic acids is 1. The van der Waals surface area contributed by atoms with Crippen molar-refractivity contribution < 1.29 is 4.79 Å². The summed E-state index contributed by atoms with van der Waals surface area (Å²) in [6.45, 7) is 6.81. The maximum Gasteiger partial charge on any atom is 0.256 e. The fraction of sp³-hybridized carbons (Fsp3) is 0.200. The second-order valence-corrected chi connectivity index (χ2v) is 6.08. The summed E-state index contributed by atoms with van der Waals surface area (Å²) >= 11 is 0. The molecule has 4 heteroatoms. The molecule has 0 aliphatic heterocycles. The molecule has 1 amide bonds. The molecule has 3 rings (SSSR count). The van der Waals surface area contributed by atoms with Crippen LogP contribution in [0.5, 0.6) is 0 Å². The van der Waals surface area contributed by atoms with Gasteiger partial charge in [0.05, 0.1) is 6.54 Å². The fourth-order valence-electron chi connectivity index (χ4n) is 2.55. The van der Waals surface area contributed by atoms with Crippen LogP contribution in [0.15, 0.2) is 54.7 Å². The van der Waals surface area contributed by atoms with Crippen molar-refractivity contribution in [3.8, 4) is 0 Å². The van der Waals surface area contributed by atoms with E-state index in [0.717, 1.165) is 5.56 Å². The standard InChI is InChI=1S/C20H21N3O/c1-14-8-9-17(12-16(14)3)20(24)21-19-10-11-23(22-19)13-18-7-5-4-6-15(18)2/h4-12H,13H2,1-3H3,(H,21,22,24). The lowest BCUT2D eigenvalue weighted by Crippen LogP contribution is -2.13. The molecule has 0 saturated carbocycles. The molecule has 0 atom stereocenters. The predicted molar refractivity (Wildman–Crippen MR) is 96.4 cm³/mol. The summed E-state index contributed by atoms with van der Waals surface area (Å²) in [6, 6.07) is 15.7. The molecular weight excluding hydrogens is 298 g/mol. The topological polar surface area (TPSA) is 46.9 Å². The number of aryl methyl sites for hydroxylation is 3. The van der Waals surface area contributed by atoms with Gasteiger partial charge in [-0.05, 0) is 55.2 Å². The van der Waals surface area contributed by atoms with E-state index in [1.165, 1.54) is 16.7 Å². The van der Waals surface area contributed by atoms with Crippen LogP contribution in [0.2, 0.25) is 0 Å². The molecule has 0 unspecified atom stereocenters. The van der Waals surface area contributed by atoms with Gasteiger partial charge in [-0.2, -0.15) is 5.10 Å². The molecule has 0 fully saturated rings. The summed E-state index contributed by atoms with van der Waals surface area (Å²) in [4.78, 5) is 12.3. The fourth-order valence-corrected chi connectivity index (χ4v) is 2.55. The van der Waals surface area contributed by atoms with Gasteiger partial charge in [0, 0.05) is 17.8 Å². The Morgan fingerprint density at radius 3 is 2.54 bits per heavy atom. The largest absolute Gasteiger partial charge is 0.305 e. The van der Waals surface area contributed by atoms with Crippen LogP contribution in [-0.4, -0.2) is 15.7 Å². The number of hydrogen-bond donors (Lipinski definition) is 1. The van der Waals surface area contributed by atoms with Crippen LogP contribution < -0.4 is 5.32 Å². The van der Waals surface area contributed by atoms with Gasteiger partial charge < -0.3 is 5.32 Å². The second kappa shape index (κ2) is 6.71. The highest BCUT2D eigenvalue weighted by atomic mass is 16.1. The van der Waals surface area contributed by atoms with Gasteiger partial charge in [0.2, 0.25) is 0 Å². The molecule has 24 heavy (non-hydrogen) atoms. The van der Waals surface area contributed by atoms with E-state index >= 15 is 0 Å². The average molecular weight is 319 g/mol. The van der Waals surface area contributed by atoms with Crippen molar-refractivity contribution in [2.24, 2.45) is 0 Å². The lowest BCUT2D eigenvalue weighted by Gasteiger charge is -2.06. The van der Waals surface area contributed by atoms with Gasteiger partial charge in [0.15, 0.2) is 5.82 Å². The van der Waals surface area contributed by atoms with Crippen molar-refractivity contribution in [3.63, 3.8) is 0 Å². The molecule has 1 N–H and O–H groups in total. The summed E-state index contributed by atoms with van der Waals surface area (Å²) in [7, 11) is 0. The minimum atomic E-state index is -0.140. The van der Waals surface area contributed by atoms with Gasteiger partial charge in [-0.15, -0.1) is 0 Å². The van der Waals surface area contributed by atoms with Crippen molar-refractivity contribution in [1.29, 1.82) is 0 Å². The zero-order chi connectivity index (χ0) is 17.1. The highest BCUT2D eigenvalue weighted by molar-refractivity contribution is 6.03. The van der Waals surface area contributed by atoms with Gasteiger partial charge in [-0.3, -0.25) is 9.48 Å². The van der Waals surface area contributed by atoms with Crippen LogP contribution in [0.3, 0.4) is 0 Å². The van der Waals surface area contributed by atoms with E-state index in [0.29, 0.717) is 17.9 Å². The van der Waals surface area contributed by atoms with Gasteiger partial charge in [-0.25, -0.2) is 0 Å². The van der Waals surface area contributed by atoms with Crippen molar-refractivity contribution >= 4 is 11.7 Å². The van der Waals surface area contributed by atoms with Gasteiger partial charge in [0.25, 0.3) is 5.91 Å². The second-order valence-electron chi connectivity index (χ2n) is 6.08. The third-order valence-corrected chi connectivity index (χ3v) is 4.24. The normalized spacial score (nSPS) is 10.6. The molecule has 0 aliphatic rings. The van der Waals surface area contributed by atoms with Crippen LogP contribution in [-0.2, 0) is 6.54 Å². The van der Waals surface area contributed by atoms with E-state index in [-0.39, 0.29) is 5.91 Å². The number of aromatic nitrogens is 2. The highest BCUT2D eigenvalue weighted by Crippen LogP contribution is 2.13. The minimum absolute atomic E-state index is 0.140. The Labute approximate surface area is 142 Å². The lowest BCUT2D eigenvalue weighted by atomic mass is 10.1. The Bertz CT molecular complexity index is 880. The van der Waals surface area contributed by atoms with E-state index in [1.54, 1.807) is 0 Å². The summed E-state index contributed by atoms with van der Waals surface area (Å²) in [5.74, 6) is 0.422. The molecule has 3 aromatic rings. The van der Waals surface area contributed by atoms with Crippen molar-refractivity contribution in [2.45, 2.75) is 27.3 Å². The molecule has 2 aromatic carbocycles. The Hall–Kier alpha value is -2.88. The molecule has 1 aromatic heterocycles. The molecule has 0 spiro atoms. The summed E-state index contributed by atoms with van der Waals surface area (Å²) in [6.07, 6.45) is 1.88. The van der Waals surface area contributed by atoms with Gasteiger partial charge in [0.1, 0.15) is 0 Å². The van der Waals surface area contributed by atoms with E-state index in [2.05, 4.69) is 29.5 Å². The van der Waals surface area contributed by atoms with E-state index < -0.39 is 0 Å². The lowest BCUT2D eigenvalue weighted by molar-refractivity contribution is 0.102. The highest BCUT2D eigenvalue weighted by Gasteiger charge is 2.09. The molecule has 0 bridgehead atoms. The number of nitrogens with zero attached hydrogens (tertiary/aromatic N) is 2. The third kappa shape index (κ3) is 3.54. The SMILES string of the molecule is Cc1ccc(C(=O)Nc2ccn(Cc3ccccc3C)n2)cc1C. The van der Waals surface area contributed by atoms with Crippen LogP contribution in [0, 0.1) is 20.8 Å². The monoisotopic (exact) mass is 319 g/mol. The first-order valence-corrected chi connectivity index (χ1v) is 7.99. The van der Waals surface area contributed by atoms with Gasteiger partial charge >= 0.3 is 0 Å². The molecule has 0 aliphatic carbocycles. The maximum absolute atomic E-state index is 12.3. The number of anilines is 1. The minimum Gasteiger partial charge on any atom is -0.305 e. The number of nitrogens with one attached hydrogen (secondary N) is 1. The smallest absolute Gasteiger partial charge is 0.256 e. The third-order valence-electron chi connectivity index (χ3n) is 4.24. The Morgan fingerprint density at radius 1 is 1.00 bits per heavy atom. The first-order chi connectivity index (χ1) is 11.5. The van der Waals surface area contributed by atoms with E-state index in [1.807, 2.05) is 61.1 Å². The summed E-state index contributed by atoms with van der Waals surface area (Å²) < 4.78 is 1.83. The van der Waals surface area contributed by atoms with Crippen molar-refractivity contribution in [3.05, 3.63) is 82.5 Å². The average Bonchev–Trinajstić information content (AvgIpc) is 2.99. The Kier molecular flexibility index (Phi) is 4.47. The van der Waals surface area contributed by atoms with E-state index in [9.17, 15) is 4.79 Å². The van der Waals surface area contributed by atoms with Crippen LogP contribution in [0.4, 0.5) is 5.82 Å². The van der Waals surface area contributed by atoms with Gasteiger partial charge in [-0.1, -0.05) is 30.3 Å². The summed E-state index contributed by atoms with van der Waals surface area (Å²) in [5.41, 5.74) is 5.37. The number of rotatable bonds is 4. The quantitative estimate of drug-likeness (QED) is 0.786. The van der Waals surface area contributed by atoms with Crippen LogP contribution >= 0.6 is 0 Å². The predicted octanol–water partition coefficient (Wildman–Crippen LogP) is 4.11. The molecular formula is C20H21N3O.